The zero-order valence-electron chi connectivity index (χ0n) is 13.2. The van der Waals surface area contributed by atoms with Gasteiger partial charge in [0.2, 0.25) is 0 Å². The van der Waals surface area contributed by atoms with E-state index in [1.54, 1.807) is 0 Å². The summed E-state index contributed by atoms with van der Waals surface area (Å²) in [5, 5.41) is 2.37. The second-order valence-electron chi connectivity index (χ2n) is 5.73. The molecule has 0 amide bonds. The summed E-state index contributed by atoms with van der Waals surface area (Å²) in [6.07, 6.45) is 1.67. The van der Waals surface area contributed by atoms with Crippen LogP contribution in [0.5, 0.6) is 0 Å². The molecule has 0 aliphatic heterocycles. The molecule has 0 aliphatic rings. The van der Waals surface area contributed by atoms with Crippen LogP contribution in [0.2, 0.25) is 0 Å². The summed E-state index contributed by atoms with van der Waals surface area (Å²) in [5.41, 5.74) is 3.14. The summed E-state index contributed by atoms with van der Waals surface area (Å²) in [7, 11) is 0. The van der Waals surface area contributed by atoms with Crippen LogP contribution in [-0.2, 0) is 12.8 Å². The Balaban J connectivity index is 1.74. The number of benzene rings is 2. The lowest BCUT2D eigenvalue weighted by molar-refractivity contribution is 0.668. The van der Waals surface area contributed by atoms with Crippen molar-refractivity contribution < 1.29 is 4.42 Å². The largest absolute Gasteiger partial charge is 0.456 e. The Morgan fingerprint density at radius 1 is 0.783 bits per heavy atom. The van der Waals surface area contributed by atoms with Crippen molar-refractivity contribution in [3.05, 3.63) is 65.5 Å². The van der Waals surface area contributed by atoms with Crippen molar-refractivity contribution in [2.24, 2.45) is 0 Å². The molecule has 4 nitrogen and oxygen atoms in total. The second-order valence-corrected chi connectivity index (χ2v) is 5.73. The first kappa shape index (κ1) is 13.9. The molecule has 4 rings (SSSR count). The maximum Gasteiger partial charge on any atom is 0.135 e. The fraction of sp³-hybridized carbons (Fsp3) is 0.211. The topological polar surface area (TPSA) is 51.8 Å². The smallest absolute Gasteiger partial charge is 0.135 e. The van der Waals surface area contributed by atoms with Gasteiger partial charge >= 0.3 is 0 Å². The van der Waals surface area contributed by atoms with Gasteiger partial charge in [-0.2, -0.15) is 0 Å². The third-order valence-corrected chi connectivity index (χ3v) is 4.01. The predicted octanol–water partition coefficient (Wildman–Crippen LogP) is 4.17. The van der Waals surface area contributed by atoms with Crippen LogP contribution in [0.4, 0.5) is 0 Å². The maximum absolute atomic E-state index is 5.94. The molecule has 0 radical (unpaired) electrons. The van der Waals surface area contributed by atoms with Crippen molar-refractivity contribution >= 4 is 21.9 Å². The van der Waals surface area contributed by atoms with Gasteiger partial charge in [0.25, 0.3) is 0 Å². The van der Waals surface area contributed by atoms with Crippen LogP contribution in [-0.4, -0.2) is 15.0 Å². The number of furan rings is 1. The fourth-order valence-electron chi connectivity index (χ4n) is 3.10. The molecule has 23 heavy (non-hydrogen) atoms. The lowest BCUT2D eigenvalue weighted by Gasteiger charge is -2.04. The van der Waals surface area contributed by atoms with Gasteiger partial charge in [0.15, 0.2) is 0 Å². The van der Waals surface area contributed by atoms with Crippen molar-refractivity contribution in [2.75, 3.05) is 0 Å². The monoisotopic (exact) mass is 303 g/mol. The standard InChI is InChI=1S/C19H17N3O/c1-12-20-13(2)22-18(21-12)11-10-14-6-5-9-17-19(14)15-7-3-4-8-16(15)23-17/h3-9H,10-11H2,1-2H3. The number of nitrogens with zero attached hydrogens (tertiary/aromatic N) is 3. The Morgan fingerprint density at radius 2 is 1.52 bits per heavy atom. The van der Waals surface area contributed by atoms with Crippen LogP contribution in [0.3, 0.4) is 0 Å². The van der Waals surface area contributed by atoms with Gasteiger partial charge in [0, 0.05) is 17.2 Å². The summed E-state index contributed by atoms with van der Waals surface area (Å²) in [6.45, 7) is 3.81. The minimum absolute atomic E-state index is 0.777. The molecule has 2 heterocycles. The van der Waals surface area contributed by atoms with Crippen molar-refractivity contribution in [2.45, 2.75) is 26.7 Å². The van der Waals surface area contributed by atoms with Gasteiger partial charge in [-0.1, -0.05) is 30.3 Å². The van der Waals surface area contributed by atoms with E-state index in [2.05, 4.69) is 27.1 Å². The van der Waals surface area contributed by atoms with Gasteiger partial charge in [0.1, 0.15) is 28.6 Å². The summed E-state index contributed by atoms with van der Waals surface area (Å²) < 4.78 is 5.94. The number of rotatable bonds is 3. The first-order chi connectivity index (χ1) is 11.2. The molecule has 2 aromatic heterocycles. The Morgan fingerprint density at radius 3 is 2.35 bits per heavy atom. The molecular weight excluding hydrogens is 286 g/mol. The third kappa shape index (κ3) is 2.57. The maximum atomic E-state index is 5.94. The lowest BCUT2D eigenvalue weighted by Crippen LogP contribution is -2.04. The molecular formula is C19H17N3O. The normalized spacial score (nSPS) is 11.4. The van der Waals surface area contributed by atoms with E-state index in [0.29, 0.717) is 0 Å². The van der Waals surface area contributed by atoms with Crippen LogP contribution in [0.15, 0.2) is 46.9 Å². The third-order valence-electron chi connectivity index (χ3n) is 4.01. The average Bonchev–Trinajstić information content (AvgIpc) is 2.91. The highest BCUT2D eigenvalue weighted by molar-refractivity contribution is 6.06. The van der Waals surface area contributed by atoms with Crippen LogP contribution in [0.1, 0.15) is 23.0 Å². The molecule has 0 fully saturated rings. The minimum atomic E-state index is 0.777. The van der Waals surface area contributed by atoms with Gasteiger partial charge in [-0.25, -0.2) is 15.0 Å². The minimum Gasteiger partial charge on any atom is -0.456 e. The molecule has 4 aromatic rings. The van der Waals surface area contributed by atoms with Crippen molar-refractivity contribution in [3.63, 3.8) is 0 Å². The lowest BCUT2D eigenvalue weighted by atomic mass is 10.0. The SMILES string of the molecule is Cc1nc(C)nc(CCc2cccc3oc4ccccc4c23)n1. The van der Waals surface area contributed by atoms with Crippen molar-refractivity contribution in [1.82, 2.24) is 15.0 Å². The molecule has 4 heteroatoms. The molecule has 114 valence electrons. The van der Waals surface area contributed by atoms with Gasteiger partial charge in [0.05, 0.1) is 0 Å². The number of aromatic nitrogens is 3. The molecule has 0 spiro atoms. The summed E-state index contributed by atoms with van der Waals surface area (Å²) >= 11 is 0. The number of hydrogen-bond donors (Lipinski definition) is 0. The Labute approximate surface area is 134 Å². The number of para-hydroxylation sites is 1. The van der Waals surface area contributed by atoms with E-state index in [0.717, 1.165) is 41.5 Å². The average molecular weight is 303 g/mol. The second kappa shape index (κ2) is 5.47. The van der Waals surface area contributed by atoms with E-state index in [-0.39, 0.29) is 0 Å². The molecule has 0 saturated heterocycles. The van der Waals surface area contributed by atoms with Crippen LogP contribution < -0.4 is 0 Å². The van der Waals surface area contributed by atoms with Gasteiger partial charge < -0.3 is 4.42 Å². The quantitative estimate of drug-likeness (QED) is 0.570. The first-order valence-electron chi connectivity index (χ1n) is 7.78. The first-order valence-corrected chi connectivity index (χ1v) is 7.78. The number of aryl methyl sites for hydroxylation is 4. The van der Waals surface area contributed by atoms with E-state index in [4.69, 9.17) is 4.42 Å². The van der Waals surface area contributed by atoms with E-state index < -0.39 is 0 Å². The fourth-order valence-corrected chi connectivity index (χ4v) is 3.10. The van der Waals surface area contributed by atoms with Crippen LogP contribution >= 0.6 is 0 Å². The van der Waals surface area contributed by atoms with E-state index in [9.17, 15) is 0 Å². The van der Waals surface area contributed by atoms with Crippen molar-refractivity contribution in [3.8, 4) is 0 Å². The van der Waals surface area contributed by atoms with Crippen LogP contribution in [0.25, 0.3) is 21.9 Å². The molecule has 0 N–H and O–H groups in total. The van der Waals surface area contributed by atoms with Crippen molar-refractivity contribution in [1.29, 1.82) is 0 Å². The number of fused-ring (bicyclic) bond motifs is 3. The zero-order valence-corrected chi connectivity index (χ0v) is 13.2. The molecule has 2 aromatic carbocycles. The number of hydrogen-bond acceptors (Lipinski definition) is 4. The summed E-state index contributed by atoms with van der Waals surface area (Å²) in [5.74, 6) is 2.40. The Hall–Kier alpha value is -2.75. The summed E-state index contributed by atoms with van der Waals surface area (Å²) in [6, 6.07) is 14.4. The Bertz CT molecular complexity index is 984. The molecule has 0 bridgehead atoms. The van der Waals surface area contributed by atoms with Gasteiger partial charge in [-0.05, 0) is 38.0 Å². The van der Waals surface area contributed by atoms with E-state index >= 15 is 0 Å². The highest BCUT2D eigenvalue weighted by Crippen LogP contribution is 2.31. The zero-order chi connectivity index (χ0) is 15.8. The highest BCUT2D eigenvalue weighted by atomic mass is 16.3. The Kier molecular flexibility index (Phi) is 3.30. The molecule has 0 aliphatic carbocycles. The molecule has 0 atom stereocenters. The van der Waals surface area contributed by atoms with Gasteiger partial charge in [-0.15, -0.1) is 0 Å². The van der Waals surface area contributed by atoms with Gasteiger partial charge in [-0.3, -0.25) is 0 Å². The molecule has 0 unspecified atom stereocenters. The van der Waals surface area contributed by atoms with E-state index in [1.807, 2.05) is 44.2 Å². The molecule has 0 saturated carbocycles. The summed E-state index contributed by atoms with van der Waals surface area (Å²) in [4.78, 5) is 13.1. The van der Waals surface area contributed by atoms with E-state index in [1.165, 1.54) is 16.3 Å². The predicted molar refractivity (Wildman–Crippen MR) is 90.4 cm³/mol. The highest BCUT2D eigenvalue weighted by Gasteiger charge is 2.11. The van der Waals surface area contributed by atoms with Crippen LogP contribution in [0, 0.1) is 13.8 Å².